The summed E-state index contributed by atoms with van der Waals surface area (Å²) in [5, 5.41) is 4.85. The van der Waals surface area contributed by atoms with E-state index in [9.17, 15) is 18.0 Å². The Bertz CT molecular complexity index is 611. The van der Waals surface area contributed by atoms with E-state index in [0.717, 1.165) is 4.31 Å². The molecule has 0 fully saturated rings. The van der Waals surface area contributed by atoms with Crippen molar-refractivity contribution < 1.29 is 18.0 Å². The number of hydrogen-bond acceptors (Lipinski definition) is 5. The molecule has 0 saturated carbocycles. The first-order valence-corrected chi connectivity index (χ1v) is 7.50. The van der Waals surface area contributed by atoms with Crippen LogP contribution in [-0.4, -0.2) is 51.7 Å². The SMILES string of the molecule is CN(C)S(=O)(=O)c1ccc(NC(=O)CNC(=O)CN)cc1. The van der Waals surface area contributed by atoms with Crippen LogP contribution >= 0.6 is 0 Å². The lowest BCUT2D eigenvalue weighted by Crippen LogP contribution is -2.36. The van der Waals surface area contributed by atoms with E-state index in [2.05, 4.69) is 10.6 Å². The van der Waals surface area contributed by atoms with Crippen LogP contribution in [-0.2, 0) is 19.6 Å². The second kappa shape index (κ2) is 7.16. The number of sulfonamides is 1. The zero-order valence-corrected chi connectivity index (χ0v) is 12.6. The van der Waals surface area contributed by atoms with Crippen molar-refractivity contribution in [1.82, 2.24) is 9.62 Å². The number of nitrogens with one attached hydrogen (secondary N) is 2. The topological polar surface area (TPSA) is 122 Å². The highest BCUT2D eigenvalue weighted by Gasteiger charge is 2.16. The molecule has 4 N–H and O–H groups in total. The number of nitrogens with two attached hydrogens (primary N) is 1. The predicted molar refractivity (Wildman–Crippen MR) is 78.0 cm³/mol. The molecular weight excluding hydrogens is 296 g/mol. The van der Waals surface area contributed by atoms with Gasteiger partial charge in [0.15, 0.2) is 0 Å². The molecule has 0 unspecified atom stereocenters. The van der Waals surface area contributed by atoms with Crippen LogP contribution in [0, 0.1) is 0 Å². The average molecular weight is 314 g/mol. The molecule has 1 rings (SSSR count). The van der Waals surface area contributed by atoms with Crippen molar-refractivity contribution in [3.8, 4) is 0 Å². The van der Waals surface area contributed by atoms with Crippen molar-refractivity contribution in [3.63, 3.8) is 0 Å². The molecule has 0 bridgehead atoms. The molecule has 116 valence electrons. The minimum absolute atomic E-state index is 0.127. The van der Waals surface area contributed by atoms with Crippen molar-refractivity contribution in [2.75, 3.05) is 32.5 Å². The van der Waals surface area contributed by atoms with Gasteiger partial charge in [-0.3, -0.25) is 9.59 Å². The number of carbonyl (C=O) groups excluding carboxylic acids is 2. The van der Waals surface area contributed by atoms with Crippen LogP contribution < -0.4 is 16.4 Å². The normalized spacial score (nSPS) is 11.2. The van der Waals surface area contributed by atoms with Gasteiger partial charge in [0, 0.05) is 19.8 Å². The second-order valence-electron chi connectivity index (χ2n) is 4.34. The monoisotopic (exact) mass is 314 g/mol. The van der Waals surface area contributed by atoms with Gasteiger partial charge in [-0.1, -0.05) is 0 Å². The maximum absolute atomic E-state index is 11.9. The molecule has 0 aliphatic heterocycles. The number of nitrogens with zero attached hydrogens (tertiary/aromatic N) is 1. The van der Waals surface area contributed by atoms with E-state index in [0.29, 0.717) is 5.69 Å². The molecule has 0 radical (unpaired) electrons. The summed E-state index contributed by atoms with van der Waals surface area (Å²) in [6.07, 6.45) is 0. The highest BCUT2D eigenvalue weighted by Crippen LogP contribution is 2.16. The van der Waals surface area contributed by atoms with Gasteiger partial charge < -0.3 is 16.4 Å². The van der Waals surface area contributed by atoms with Gasteiger partial charge in [0.25, 0.3) is 0 Å². The first-order valence-electron chi connectivity index (χ1n) is 6.06. The summed E-state index contributed by atoms with van der Waals surface area (Å²) in [7, 11) is -0.626. The van der Waals surface area contributed by atoms with Crippen LogP contribution in [0.5, 0.6) is 0 Å². The third-order valence-electron chi connectivity index (χ3n) is 2.55. The largest absolute Gasteiger partial charge is 0.346 e. The number of hydrogen-bond donors (Lipinski definition) is 3. The van der Waals surface area contributed by atoms with Gasteiger partial charge in [-0.15, -0.1) is 0 Å². The van der Waals surface area contributed by atoms with E-state index in [1.165, 1.54) is 38.4 Å². The van der Waals surface area contributed by atoms with Crippen LogP contribution in [0.25, 0.3) is 0 Å². The Morgan fingerprint density at radius 3 is 2.19 bits per heavy atom. The molecule has 0 aliphatic carbocycles. The average Bonchev–Trinajstić information content (AvgIpc) is 2.45. The Morgan fingerprint density at radius 2 is 1.71 bits per heavy atom. The highest BCUT2D eigenvalue weighted by atomic mass is 32.2. The van der Waals surface area contributed by atoms with Crippen molar-refractivity contribution in [2.45, 2.75) is 4.90 Å². The quantitative estimate of drug-likeness (QED) is 0.618. The molecule has 0 saturated heterocycles. The Labute approximate surface area is 123 Å². The summed E-state index contributed by atoms with van der Waals surface area (Å²) in [4.78, 5) is 22.6. The molecule has 2 amide bonds. The smallest absolute Gasteiger partial charge is 0.243 e. The van der Waals surface area contributed by atoms with Gasteiger partial charge in [-0.05, 0) is 24.3 Å². The van der Waals surface area contributed by atoms with Gasteiger partial charge in [0.05, 0.1) is 18.0 Å². The van der Waals surface area contributed by atoms with E-state index in [1.54, 1.807) is 0 Å². The number of amides is 2. The minimum atomic E-state index is -3.50. The molecule has 21 heavy (non-hydrogen) atoms. The summed E-state index contributed by atoms with van der Waals surface area (Å²) < 4.78 is 24.8. The second-order valence-corrected chi connectivity index (χ2v) is 6.49. The van der Waals surface area contributed by atoms with E-state index < -0.39 is 21.8 Å². The summed E-state index contributed by atoms with van der Waals surface area (Å²) >= 11 is 0. The Kier molecular flexibility index (Phi) is 5.82. The standard InChI is InChI=1S/C12H18N4O4S/c1-16(2)21(19,20)10-5-3-9(4-6-10)15-12(18)8-14-11(17)7-13/h3-6H,7-8,13H2,1-2H3,(H,14,17)(H,15,18). The van der Waals surface area contributed by atoms with Crippen LogP contribution in [0.15, 0.2) is 29.2 Å². The lowest BCUT2D eigenvalue weighted by Gasteiger charge is -2.12. The van der Waals surface area contributed by atoms with E-state index in [4.69, 9.17) is 5.73 Å². The molecule has 0 aliphatic rings. The zero-order chi connectivity index (χ0) is 16.0. The molecule has 0 spiro atoms. The lowest BCUT2D eigenvalue weighted by atomic mass is 10.3. The number of benzene rings is 1. The predicted octanol–water partition coefficient (Wildman–Crippen LogP) is -1.05. The maximum atomic E-state index is 11.9. The summed E-state index contributed by atoms with van der Waals surface area (Å²) in [5.74, 6) is -0.863. The van der Waals surface area contributed by atoms with Crippen molar-refractivity contribution in [2.24, 2.45) is 5.73 Å². The zero-order valence-electron chi connectivity index (χ0n) is 11.8. The molecule has 0 atom stereocenters. The molecular formula is C12H18N4O4S. The third-order valence-corrected chi connectivity index (χ3v) is 4.38. The fourth-order valence-electron chi connectivity index (χ4n) is 1.38. The summed E-state index contributed by atoms with van der Waals surface area (Å²) in [5.41, 5.74) is 5.52. The fourth-order valence-corrected chi connectivity index (χ4v) is 2.28. The number of rotatable bonds is 6. The Balaban J connectivity index is 2.67. The van der Waals surface area contributed by atoms with Crippen LogP contribution in [0.3, 0.4) is 0 Å². The number of anilines is 1. The fraction of sp³-hybridized carbons (Fsp3) is 0.333. The van der Waals surface area contributed by atoms with Crippen LogP contribution in [0.1, 0.15) is 0 Å². The van der Waals surface area contributed by atoms with Crippen molar-refractivity contribution >= 4 is 27.5 Å². The van der Waals surface area contributed by atoms with E-state index >= 15 is 0 Å². The lowest BCUT2D eigenvalue weighted by molar-refractivity contribution is -0.123. The van der Waals surface area contributed by atoms with Gasteiger partial charge in [-0.25, -0.2) is 12.7 Å². The van der Waals surface area contributed by atoms with Gasteiger partial charge in [0.1, 0.15) is 0 Å². The van der Waals surface area contributed by atoms with Crippen molar-refractivity contribution in [3.05, 3.63) is 24.3 Å². The Hall–Kier alpha value is -1.97. The maximum Gasteiger partial charge on any atom is 0.243 e. The Morgan fingerprint density at radius 1 is 1.14 bits per heavy atom. The van der Waals surface area contributed by atoms with Gasteiger partial charge in [-0.2, -0.15) is 0 Å². The number of carbonyl (C=O) groups is 2. The third kappa shape index (κ3) is 4.81. The molecule has 8 nitrogen and oxygen atoms in total. The first-order chi connectivity index (χ1) is 9.77. The van der Waals surface area contributed by atoms with E-state index in [1.807, 2.05) is 0 Å². The first kappa shape index (κ1) is 17.1. The molecule has 1 aromatic rings. The summed E-state index contributed by atoms with van der Waals surface area (Å²) in [6, 6.07) is 5.73. The van der Waals surface area contributed by atoms with Gasteiger partial charge >= 0.3 is 0 Å². The highest BCUT2D eigenvalue weighted by molar-refractivity contribution is 7.89. The molecule has 1 aromatic carbocycles. The molecule has 0 heterocycles. The van der Waals surface area contributed by atoms with Gasteiger partial charge in [0.2, 0.25) is 21.8 Å². The van der Waals surface area contributed by atoms with Crippen LogP contribution in [0.2, 0.25) is 0 Å². The molecule has 9 heteroatoms. The summed E-state index contributed by atoms with van der Waals surface area (Å²) in [6.45, 7) is -0.391. The minimum Gasteiger partial charge on any atom is -0.346 e. The van der Waals surface area contributed by atoms with Crippen LogP contribution in [0.4, 0.5) is 5.69 Å². The molecule has 0 aromatic heterocycles. The van der Waals surface area contributed by atoms with Crippen molar-refractivity contribution in [1.29, 1.82) is 0 Å². The van der Waals surface area contributed by atoms with E-state index in [-0.39, 0.29) is 18.0 Å².